The molecule has 1 aromatic carbocycles. The summed E-state index contributed by atoms with van der Waals surface area (Å²) in [6, 6.07) is 3.46. The van der Waals surface area contributed by atoms with Gasteiger partial charge in [-0.05, 0) is 26.0 Å². The van der Waals surface area contributed by atoms with E-state index in [0.29, 0.717) is 0 Å². The third-order valence-electron chi connectivity index (χ3n) is 3.38. The molecule has 2 rings (SSSR count). The molecule has 9 heteroatoms. The Morgan fingerprint density at radius 1 is 1.20 bits per heavy atom. The van der Waals surface area contributed by atoms with Gasteiger partial charge in [0.1, 0.15) is 6.61 Å². The normalized spacial score (nSPS) is 16.8. The lowest BCUT2D eigenvalue weighted by Gasteiger charge is -2.26. The molecule has 0 radical (unpaired) electrons. The van der Waals surface area contributed by atoms with Gasteiger partial charge in [-0.1, -0.05) is 29.3 Å². The monoisotopic (exact) mass is 386 g/mol. The van der Waals surface area contributed by atoms with E-state index >= 15 is 0 Å². The lowest BCUT2D eigenvalue weighted by molar-refractivity contribution is -0.139. The number of benzene rings is 1. The molecule has 1 aromatic rings. The van der Waals surface area contributed by atoms with E-state index < -0.39 is 24.0 Å². The summed E-state index contributed by atoms with van der Waals surface area (Å²) in [5.41, 5.74) is 0.424. The highest BCUT2D eigenvalue weighted by molar-refractivity contribution is 6.43. The van der Waals surface area contributed by atoms with Gasteiger partial charge in [0, 0.05) is 0 Å². The molecule has 7 nitrogen and oxygen atoms in total. The van der Waals surface area contributed by atoms with Crippen LogP contribution in [0.3, 0.4) is 0 Å². The molecule has 134 valence electrons. The van der Waals surface area contributed by atoms with Crippen LogP contribution >= 0.6 is 23.2 Å². The zero-order chi connectivity index (χ0) is 18.6. The number of halogens is 2. The minimum atomic E-state index is -0.733. The third kappa shape index (κ3) is 4.43. The fourth-order valence-corrected chi connectivity index (χ4v) is 2.65. The molecule has 1 atom stereocenters. The Kier molecular flexibility index (Phi) is 6.27. The first-order chi connectivity index (χ1) is 11.8. The maximum atomic E-state index is 12.2. The Labute approximate surface area is 154 Å². The van der Waals surface area contributed by atoms with Crippen molar-refractivity contribution < 1.29 is 23.9 Å². The lowest BCUT2D eigenvalue weighted by atomic mass is 10.0. The van der Waals surface area contributed by atoms with Gasteiger partial charge in [0.2, 0.25) is 0 Å². The number of ether oxygens (including phenoxy) is 2. The van der Waals surface area contributed by atoms with Crippen LogP contribution in [-0.4, -0.2) is 37.2 Å². The predicted octanol–water partition coefficient (Wildman–Crippen LogP) is 2.67. The Balaban J connectivity index is 2.21. The standard InChI is InChI=1S/C16H16Cl2N2O5/c1-3-24-15(22)12-8(2)19-16(23)20-11(12)7-25-14(21)9-5-4-6-10(17)13(9)18/h4-6,8H,3,7H2,1-2H3,(H2,19,20,23)/t8-/m0/s1. The summed E-state index contributed by atoms with van der Waals surface area (Å²) >= 11 is 11.8. The molecular weight excluding hydrogens is 371 g/mol. The molecule has 0 aliphatic carbocycles. The van der Waals surface area contributed by atoms with Crippen molar-refractivity contribution in [3.63, 3.8) is 0 Å². The van der Waals surface area contributed by atoms with Crippen molar-refractivity contribution >= 4 is 41.2 Å². The lowest BCUT2D eigenvalue weighted by Crippen LogP contribution is -2.50. The average Bonchev–Trinajstić information content (AvgIpc) is 2.54. The van der Waals surface area contributed by atoms with Gasteiger partial charge < -0.3 is 20.1 Å². The molecule has 0 saturated carbocycles. The highest BCUT2D eigenvalue weighted by Gasteiger charge is 2.30. The number of rotatable bonds is 5. The Hall–Kier alpha value is -2.25. The number of carbonyl (C=O) groups is 3. The van der Waals surface area contributed by atoms with Crippen LogP contribution in [0.5, 0.6) is 0 Å². The van der Waals surface area contributed by atoms with E-state index in [0.717, 1.165) is 0 Å². The van der Waals surface area contributed by atoms with Crippen LogP contribution in [0.1, 0.15) is 24.2 Å². The van der Waals surface area contributed by atoms with Crippen LogP contribution in [0.25, 0.3) is 0 Å². The molecule has 25 heavy (non-hydrogen) atoms. The second-order valence-corrected chi connectivity index (χ2v) is 5.90. The largest absolute Gasteiger partial charge is 0.463 e. The number of hydrogen-bond donors (Lipinski definition) is 2. The Morgan fingerprint density at radius 2 is 1.92 bits per heavy atom. The first-order valence-electron chi connectivity index (χ1n) is 7.44. The molecule has 2 N–H and O–H groups in total. The molecular formula is C16H16Cl2N2O5. The van der Waals surface area contributed by atoms with Gasteiger partial charge in [0.05, 0.1) is 39.5 Å². The summed E-state index contributed by atoms with van der Waals surface area (Å²) in [6.45, 7) is 3.14. The van der Waals surface area contributed by atoms with Gasteiger partial charge >= 0.3 is 18.0 Å². The van der Waals surface area contributed by atoms with E-state index in [4.69, 9.17) is 32.7 Å². The second kappa shape index (κ2) is 8.22. The molecule has 1 aliphatic heterocycles. The summed E-state index contributed by atoms with van der Waals surface area (Å²) < 4.78 is 10.1. The molecule has 0 aromatic heterocycles. The first-order valence-corrected chi connectivity index (χ1v) is 8.19. The van der Waals surface area contributed by atoms with Crippen LogP contribution < -0.4 is 10.6 Å². The highest BCUT2D eigenvalue weighted by Crippen LogP contribution is 2.26. The Bertz CT molecular complexity index is 748. The van der Waals surface area contributed by atoms with Crippen molar-refractivity contribution in [1.82, 2.24) is 10.6 Å². The summed E-state index contributed by atoms with van der Waals surface area (Å²) in [7, 11) is 0. The number of esters is 2. The topological polar surface area (TPSA) is 93.7 Å². The molecule has 2 amide bonds. The minimum absolute atomic E-state index is 0.0662. The number of carbonyl (C=O) groups excluding carboxylic acids is 3. The van der Waals surface area contributed by atoms with E-state index in [9.17, 15) is 14.4 Å². The van der Waals surface area contributed by atoms with Crippen molar-refractivity contribution in [3.05, 3.63) is 45.1 Å². The van der Waals surface area contributed by atoms with Crippen LogP contribution in [-0.2, 0) is 14.3 Å². The minimum Gasteiger partial charge on any atom is -0.463 e. The van der Waals surface area contributed by atoms with E-state index in [2.05, 4.69) is 10.6 Å². The van der Waals surface area contributed by atoms with Crippen LogP contribution in [0.15, 0.2) is 29.5 Å². The van der Waals surface area contributed by atoms with Crippen LogP contribution in [0.4, 0.5) is 4.79 Å². The fourth-order valence-electron chi connectivity index (χ4n) is 2.27. The van der Waals surface area contributed by atoms with E-state index in [1.807, 2.05) is 0 Å². The number of urea groups is 1. The van der Waals surface area contributed by atoms with Crippen molar-refractivity contribution in [2.45, 2.75) is 19.9 Å². The summed E-state index contributed by atoms with van der Waals surface area (Å²) in [5, 5.41) is 5.29. The van der Waals surface area contributed by atoms with Gasteiger partial charge in [-0.25, -0.2) is 14.4 Å². The summed E-state index contributed by atoms with van der Waals surface area (Å²) in [4.78, 5) is 35.9. The van der Waals surface area contributed by atoms with Crippen molar-refractivity contribution in [3.8, 4) is 0 Å². The zero-order valence-electron chi connectivity index (χ0n) is 13.5. The highest BCUT2D eigenvalue weighted by atomic mass is 35.5. The van der Waals surface area contributed by atoms with Gasteiger partial charge in [0.15, 0.2) is 0 Å². The van der Waals surface area contributed by atoms with Crippen molar-refractivity contribution in [2.75, 3.05) is 13.2 Å². The molecule has 0 spiro atoms. The zero-order valence-corrected chi connectivity index (χ0v) is 15.0. The maximum absolute atomic E-state index is 12.2. The molecule has 1 aliphatic rings. The van der Waals surface area contributed by atoms with Crippen LogP contribution in [0, 0.1) is 0 Å². The summed E-state index contributed by atoms with van der Waals surface area (Å²) in [6.07, 6.45) is 0. The van der Waals surface area contributed by atoms with Crippen molar-refractivity contribution in [2.24, 2.45) is 0 Å². The Morgan fingerprint density at radius 3 is 2.60 bits per heavy atom. The SMILES string of the molecule is CCOC(=O)C1=C(COC(=O)c2cccc(Cl)c2Cl)NC(=O)N[C@H]1C. The van der Waals surface area contributed by atoms with Crippen molar-refractivity contribution in [1.29, 1.82) is 0 Å². The van der Waals surface area contributed by atoms with Gasteiger partial charge in [-0.15, -0.1) is 0 Å². The first kappa shape index (κ1) is 19.1. The van der Waals surface area contributed by atoms with E-state index in [1.54, 1.807) is 19.9 Å². The third-order valence-corrected chi connectivity index (χ3v) is 4.20. The molecule has 0 unspecified atom stereocenters. The maximum Gasteiger partial charge on any atom is 0.340 e. The second-order valence-electron chi connectivity index (χ2n) is 5.11. The smallest absolute Gasteiger partial charge is 0.340 e. The van der Waals surface area contributed by atoms with Gasteiger partial charge in [0.25, 0.3) is 0 Å². The molecule has 1 heterocycles. The van der Waals surface area contributed by atoms with E-state index in [-0.39, 0.29) is 40.1 Å². The predicted molar refractivity (Wildman–Crippen MR) is 91.5 cm³/mol. The number of nitrogens with one attached hydrogen (secondary N) is 2. The number of amides is 2. The quantitative estimate of drug-likeness (QED) is 0.758. The summed E-state index contributed by atoms with van der Waals surface area (Å²) in [5.74, 6) is -1.34. The molecule has 0 saturated heterocycles. The molecule has 0 fully saturated rings. The molecule has 0 bridgehead atoms. The van der Waals surface area contributed by atoms with Crippen LogP contribution in [0.2, 0.25) is 10.0 Å². The average molecular weight is 387 g/mol. The van der Waals surface area contributed by atoms with Gasteiger partial charge in [-0.2, -0.15) is 0 Å². The number of hydrogen-bond acceptors (Lipinski definition) is 5. The fraction of sp³-hybridized carbons (Fsp3) is 0.312. The van der Waals surface area contributed by atoms with Gasteiger partial charge in [-0.3, -0.25) is 0 Å². The van der Waals surface area contributed by atoms with E-state index in [1.165, 1.54) is 12.1 Å².